The summed E-state index contributed by atoms with van der Waals surface area (Å²) in [7, 11) is 1.28. The number of nitrogens with zero attached hydrogens (tertiary/aromatic N) is 6. The fourth-order valence-electron chi connectivity index (χ4n) is 6.29. The molecule has 2 fully saturated rings. The van der Waals surface area contributed by atoms with Crippen LogP contribution >= 0.6 is 0 Å². The van der Waals surface area contributed by atoms with E-state index >= 15 is 0 Å². The minimum absolute atomic E-state index is 0.0180. The van der Waals surface area contributed by atoms with E-state index < -0.39 is 10.0 Å². The molecule has 2 N–H and O–H groups in total. The number of sulfonamides is 1. The molecule has 234 valence electrons. The molecule has 11 nitrogen and oxygen atoms in total. The van der Waals surface area contributed by atoms with Gasteiger partial charge in [0.2, 0.25) is 0 Å². The van der Waals surface area contributed by atoms with Crippen LogP contribution in [0.15, 0.2) is 65.6 Å². The van der Waals surface area contributed by atoms with E-state index in [9.17, 15) is 13.2 Å². The number of amides is 1. The van der Waals surface area contributed by atoms with Crippen LogP contribution in [0.3, 0.4) is 0 Å². The number of rotatable bonds is 8. The number of piperidine rings is 1. The molecule has 0 bridgehead atoms. The van der Waals surface area contributed by atoms with Crippen LogP contribution in [-0.2, 0) is 23.6 Å². The van der Waals surface area contributed by atoms with Crippen molar-refractivity contribution in [3.05, 3.63) is 66.2 Å². The minimum atomic E-state index is -3.79. The van der Waals surface area contributed by atoms with Crippen LogP contribution in [0, 0.1) is 5.92 Å². The molecule has 3 aromatic heterocycles. The first-order valence-corrected chi connectivity index (χ1v) is 16.7. The number of nitrogens with two attached hydrogens (primary N) is 1. The first kappa shape index (κ1) is 29.3. The number of ether oxygens (including phenoxy) is 1. The Morgan fingerprint density at radius 1 is 1.07 bits per heavy atom. The Labute approximate surface area is 262 Å². The summed E-state index contributed by atoms with van der Waals surface area (Å²) in [6.07, 6.45) is 4.06. The zero-order chi connectivity index (χ0) is 31.5. The van der Waals surface area contributed by atoms with Crippen LogP contribution in [0.25, 0.3) is 33.6 Å². The Hall–Kier alpha value is -4.42. The van der Waals surface area contributed by atoms with Gasteiger partial charge in [-0.25, -0.2) is 18.4 Å². The molecule has 0 unspecified atom stereocenters. The number of benzene rings is 2. The Balaban J connectivity index is 1.32. The van der Waals surface area contributed by atoms with Gasteiger partial charge in [0.1, 0.15) is 22.7 Å². The van der Waals surface area contributed by atoms with Gasteiger partial charge in [0.25, 0.3) is 15.9 Å². The highest BCUT2D eigenvalue weighted by atomic mass is 32.2. The normalized spacial score (nSPS) is 17.2. The maximum atomic E-state index is 13.5. The molecule has 0 radical (unpaired) electrons. The van der Waals surface area contributed by atoms with Crippen molar-refractivity contribution in [1.29, 1.82) is 0 Å². The molecular weight excluding hydrogens is 590 g/mol. The number of pyridine rings is 1. The number of carbonyl (C=O) groups is 1. The number of anilines is 1. The number of hydrogen-bond donors (Lipinski definition) is 1. The van der Waals surface area contributed by atoms with Crippen LogP contribution < -0.4 is 14.8 Å². The lowest BCUT2D eigenvalue weighted by Gasteiger charge is -2.30. The third kappa shape index (κ3) is 5.21. The quantitative estimate of drug-likeness (QED) is 0.270. The third-order valence-corrected chi connectivity index (χ3v) is 10.7. The van der Waals surface area contributed by atoms with Crippen LogP contribution in [0.2, 0.25) is 0 Å². The van der Waals surface area contributed by atoms with Crippen molar-refractivity contribution in [2.24, 2.45) is 18.7 Å². The molecule has 45 heavy (non-hydrogen) atoms. The van der Waals surface area contributed by atoms with Crippen molar-refractivity contribution in [2.75, 3.05) is 31.6 Å². The fourth-order valence-corrected chi connectivity index (χ4v) is 7.46. The number of hydrogen-bond acceptors (Lipinski definition) is 7. The van der Waals surface area contributed by atoms with Gasteiger partial charge in [0, 0.05) is 50.7 Å². The van der Waals surface area contributed by atoms with Crippen molar-refractivity contribution in [2.45, 2.75) is 43.2 Å². The second-order valence-electron chi connectivity index (χ2n) is 12.1. The summed E-state index contributed by atoms with van der Waals surface area (Å²) in [5, 5.41) is 0.885. The fraction of sp³-hybridized carbons (Fsp3) is 0.364. The largest absolute Gasteiger partial charge is 0.494 e. The second kappa shape index (κ2) is 11.2. The number of aromatic nitrogens is 4. The average molecular weight is 628 g/mol. The highest BCUT2D eigenvalue weighted by molar-refractivity contribution is 7.92. The van der Waals surface area contributed by atoms with E-state index in [-0.39, 0.29) is 16.8 Å². The van der Waals surface area contributed by atoms with Gasteiger partial charge in [-0.15, -0.1) is 0 Å². The second-order valence-corrected chi connectivity index (χ2v) is 14.1. The van der Waals surface area contributed by atoms with Crippen LogP contribution in [0.1, 0.15) is 36.0 Å². The summed E-state index contributed by atoms with van der Waals surface area (Å²) >= 11 is 0. The SMILES string of the molecule is COc1cc(C(=O)N2CCC[C@@H](N)C2)cc2nc(-c3cc4ccc(N(C)S(=O)(=O)c5ccccc5)nc4n3CC3CC3)n(C)c12. The molecule has 1 aliphatic heterocycles. The maximum absolute atomic E-state index is 13.5. The van der Waals surface area contributed by atoms with E-state index in [1.165, 1.54) is 11.4 Å². The van der Waals surface area contributed by atoms with Crippen molar-refractivity contribution in [1.82, 2.24) is 24.0 Å². The Morgan fingerprint density at radius 3 is 2.56 bits per heavy atom. The van der Waals surface area contributed by atoms with E-state index in [4.69, 9.17) is 20.4 Å². The zero-order valence-electron chi connectivity index (χ0n) is 25.7. The molecule has 1 aliphatic carbocycles. The van der Waals surface area contributed by atoms with Crippen LogP contribution in [-0.4, -0.2) is 71.6 Å². The number of methoxy groups -OCH3 is 1. The summed E-state index contributed by atoms with van der Waals surface area (Å²) in [6.45, 7) is 1.95. The van der Waals surface area contributed by atoms with Gasteiger partial charge in [-0.2, -0.15) is 0 Å². The predicted molar refractivity (Wildman–Crippen MR) is 174 cm³/mol. The first-order chi connectivity index (χ1) is 21.7. The molecule has 4 heterocycles. The summed E-state index contributed by atoms with van der Waals surface area (Å²) in [4.78, 5) is 25.4. The van der Waals surface area contributed by atoms with Gasteiger partial charge in [-0.3, -0.25) is 9.10 Å². The minimum Gasteiger partial charge on any atom is -0.494 e. The third-order valence-electron chi connectivity index (χ3n) is 8.97. The molecule has 1 amide bonds. The van der Waals surface area contributed by atoms with E-state index in [2.05, 4.69) is 10.6 Å². The van der Waals surface area contributed by atoms with E-state index in [1.54, 1.807) is 49.6 Å². The molecule has 5 aromatic rings. The highest BCUT2D eigenvalue weighted by Crippen LogP contribution is 2.38. The molecular formula is C33H37N7O4S. The van der Waals surface area contributed by atoms with Crippen molar-refractivity contribution in [3.8, 4) is 17.3 Å². The Kier molecular flexibility index (Phi) is 7.28. The molecule has 0 spiro atoms. The predicted octanol–water partition coefficient (Wildman–Crippen LogP) is 4.40. The monoisotopic (exact) mass is 627 g/mol. The lowest BCUT2D eigenvalue weighted by atomic mass is 10.0. The van der Waals surface area contributed by atoms with Crippen LogP contribution in [0.4, 0.5) is 5.82 Å². The molecule has 1 atom stereocenters. The summed E-state index contributed by atoms with van der Waals surface area (Å²) in [5.74, 6) is 2.04. The van der Waals surface area contributed by atoms with E-state index in [1.807, 2.05) is 28.6 Å². The summed E-state index contributed by atoms with van der Waals surface area (Å²) < 4.78 is 37.9. The zero-order valence-corrected chi connectivity index (χ0v) is 26.5. The Bertz CT molecular complexity index is 2030. The average Bonchev–Trinajstić information content (AvgIpc) is 3.73. The van der Waals surface area contributed by atoms with Gasteiger partial charge in [-0.1, -0.05) is 18.2 Å². The van der Waals surface area contributed by atoms with Gasteiger partial charge in [0.15, 0.2) is 5.82 Å². The smallest absolute Gasteiger partial charge is 0.265 e. The van der Waals surface area contributed by atoms with E-state index in [0.29, 0.717) is 53.1 Å². The number of aryl methyl sites for hydroxylation is 1. The topological polar surface area (TPSA) is 129 Å². The lowest BCUT2D eigenvalue weighted by molar-refractivity contribution is 0.0708. The van der Waals surface area contributed by atoms with Crippen molar-refractivity contribution < 1.29 is 17.9 Å². The molecule has 2 aliphatic rings. The highest BCUT2D eigenvalue weighted by Gasteiger charge is 2.29. The lowest BCUT2D eigenvalue weighted by Crippen LogP contribution is -2.45. The van der Waals surface area contributed by atoms with Crippen molar-refractivity contribution >= 4 is 43.8 Å². The first-order valence-electron chi connectivity index (χ1n) is 15.3. The van der Waals surface area contributed by atoms with Crippen LogP contribution in [0.5, 0.6) is 5.75 Å². The summed E-state index contributed by atoms with van der Waals surface area (Å²) in [6, 6.07) is 17.7. The molecule has 1 saturated heterocycles. The molecule has 12 heteroatoms. The Morgan fingerprint density at radius 2 is 1.84 bits per heavy atom. The van der Waals surface area contributed by atoms with Gasteiger partial charge in [-0.05, 0) is 74.1 Å². The van der Waals surface area contributed by atoms with Gasteiger partial charge >= 0.3 is 0 Å². The van der Waals surface area contributed by atoms with Gasteiger partial charge in [0.05, 0.1) is 23.2 Å². The van der Waals surface area contributed by atoms with E-state index in [0.717, 1.165) is 48.8 Å². The summed E-state index contributed by atoms with van der Waals surface area (Å²) in [5.41, 5.74) is 9.68. The van der Waals surface area contributed by atoms with Crippen molar-refractivity contribution in [3.63, 3.8) is 0 Å². The standard InChI is InChI=1S/C33H37N7O4S/c1-37-30-26(16-23(18-28(30)44-3)33(41)39-15-7-8-24(34)20-39)35-32(37)27-17-22-13-14-29(36-31(22)40(27)19-21-11-12-21)38(2)45(42,43)25-9-5-4-6-10-25/h4-6,9-10,13-14,16-18,21,24H,7-8,11-12,15,19-20,34H2,1-3H3/t24-/m1/s1. The molecule has 2 aromatic carbocycles. The number of fused-ring (bicyclic) bond motifs is 2. The number of likely N-dealkylation sites (tertiary alicyclic amines) is 1. The van der Waals surface area contributed by atoms with Gasteiger partial charge < -0.3 is 24.5 Å². The maximum Gasteiger partial charge on any atom is 0.265 e. The number of carbonyl (C=O) groups excluding carboxylic acids is 1. The molecule has 1 saturated carbocycles. The molecule has 7 rings (SSSR count). The number of imidazole rings is 1.